The highest BCUT2D eigenvalue weighted by Gasteiger charge is 2.18. The number of thioether (sulfide) groups is 1. The Morgan fingerprint density at radius 3 is 2.58 bits per heavy atom. The zero-order chi connectivity index (χ0) is 13.9. The van der Waals surface area contributed by atoms with Gasteiger partial charge in [-0.1, -0.05) is 28.8 Å². The summed E-state index contributed by atoms with van der Waals surface area (Å²) < 4.78 is 1.17. The van der Waals surface area contributed by atoms with Crippen LogP contribution in [0.1, 0.15) is 52.0 Å². The predicted molar refractivity (Wildman–Crippen MR) is 88.8 cm³/mol. The molecular weight excluding hydrogens is 318 g/mol. The number of rotatable bonds is 4. The highest BCUT2D eigenvalue weighted by Crippen LogP contribution is 2.37. The molecule has 1 saturated carbocycles. The molecule has 106 valence electrons. The third-order valence-electron chi connectivity index (χ3n) is 3.43. The molecule has 1 aromatic carbocycles. The maximum absolute atomic E-state index is 3.60. The van der Waals surface area contributed by atoms with Crippen LogP contribution in [0.3, 0.4) is 0 Å². The number of hydrogen-bond acceptors (Lipinski definition) is 2. The fourth-order valence-electron chi connectivity index (χ4n) is 2.35. The monoisotopic (exact) mass is 341 g/mol. The van der Waals surface area contributed by atoms with Crippen LogP contribution in [0.15, 0.2) is 27.6 Å². The van der Waals surface area contributed by atoms with Gasteiger partial charge in [-0.05, 0) is 57.4 Å². The molecule has 0 aromatic heterocycles. The fraction of sp³-hybridized carbons (Fsp3) is 0.625. The van der Waals surface area contributed by atoms with E-state index in [1.165, 1.54) is 40.6 Å². The van der Waals surface area contributed by atoms with Crippen LogP contribution in [-0.2, 0) is 6.54 Å². The molecule has 1 fully saturated rings. The number of hydrogen-bond donors (Lipinski definition) is 1. The smallest absolute Gasteiger partial charge is 0.0221 e. The number of benzene rings is 1. The Bertz CT molecular complexity index is 419. The predicted octanol–water partition coefficient (Wildman–Crippen LogP) is 5.37. The molecule has 0 atom stereocenters. The van der Waals surface area contributed by atoms with E-state index >= 15 is 0 Å². The lowest BCUT2D eigenvalue weighted by molar-refractivity contribution is 0.422. The highest BCUT2D eigenvalue weighted by molar-refractivity contribution is 9.10. The molecular formula is C16H24BrNS. The molecule has 1 nitrogen and oxygen atoms in total. The first kappa shape index (κ1) is 15.4. The molecule has 0 amide bonds. The summed E-state index contributed by atoms with van der Waals surface area (Å²) in [5.41, 5.74) is 1.58. The van der Waals surface area contributed by atoms with Gasteiger partial charge in [-0.25, -0.2) is 0 Å². The Labute approximate surface area is 130 Å². The molecule has 0 aliphatic heterocycles. The van der Waals surface area contributed by atoms with E-state index < -0.39 is 0 Å². The summed E-state index contributed by atoms with van der Waals surface area (Å²) in [6.07, 6.45) is 5.58. The van der Waals surface area contributed by atoms with Crippen molar-refractivity contribution >= 4 is 27.7 Å². The van der Waals surface area contributed by atoms with Crippen molar-refractivity contribution in [2.75, 3.05) is 0 Å². The molecule has 0 heterocycles. The van der Waals surface area contributed by atoms with Crippen molar-refractivity contribution < 1.29 is 0 Å². The van der Waals surface area contributed by atoms with Crippen LogP contribution in [0.4, 0.5) is 0 Å². The van der Waals surface area contributed by atoms with Gasteiger partial charge in [-0.15, -0.1) is 11.8 Å². The van der Waals surface area contributed by atoms with Gasteiger partial charge in [0.15, 0.2) is 0 Å². The van der Waals surface area contributed by atoms with Crippen LogP contribution in [0, 0.1) is 0 Å². The molecule has 0 radical (unpaired) electrons. The van der Waals surface area contributed by atoms with Gasteiger partial charge in [0.1, 0.15) is 0 Å². The van der Waals surface area contributed by atoms with Gasteiger partial charge in [0.05, 0.1) is 0 Å². The van der Waals surface area contributed by atoms with E-state index in [9.17, 15) is 0 Å². The zero-order valence-corrected chi connectivity index (χ0v) is 14.5. The standard InChI is InChI=1S/C16H24BrNS/c1-16(2,3)18-11-12-10-13(17)8-9-15(12)19-14-6-4-5-7-14/h8-10,14,18H,4-7,11H2,1-3H3. The largest absolute Gasteiger partial charge is 0.308 e. The lowest BCUT2D eigenvalue weighted by Crippen LogP contribution is -2.35. The molecule has 1 aliphatic carbocycles. The normalized spacial score (nSPS) is 17.1. The summed E-state index contributed by atoms with van der Waals surface area (Å²) in [6, 6.07) is 6.70. The average molecular weight is 342 g/mol. The molecule has 0 spiro atoms. The molecule has 0 saturated heterocycles. The summed E-state index contributed by atoms with van der Waals surface area (Å²) in [4.78, 5) is 1.45. The van der Waals surface area contributed by atoms with E-state index in [-0.39, 0.29) is 5.54 Å². The van der Waals surface area contributed by atoms with Crippen molar-refractivity contribution in [3.8, 4) is 0 Å². The van der Waals surface area contributed by atoms with E-state index in [0.717, 1.165) is 11.8 Å². The summed E-state index contributed by atoms with van der Waals surface area (Å²) in [7, 11) is 0. The second-order valence-corrected chi connectivity index (χ2v) is 8.64. The Morgan fingerprint density at radius 2 is 1.95 bits per heavy atom. The van der Waals surface area contributed by atoms with E-state index in [0.29, 0.717) is 0 Å². The lowest BCUT2D eigenvalue weighted by atomic mass is 10.1. The van der Waals surface area contributed by atoms with Crippen LogP contribution in [-0.4, -0.2) is 10.8 Å². The van der Waals surface area contributed by atoms with Crippen LogP contribution >= 0.6 is 27.7 Å². The molecule has 1 aliphatic rings. The second kappa shape index (κ2) is 6.64. The van der Waals surface area contributed by atoms with Crippen molar-refractivity contribution in [2.24, 2.45) is 0 Å². The van der Waals surface area contributed by atoms with E-state index in [1.807, 2.05) is 0 Å². The van der Waals surface area contributed by atoms with Crippen molar-refractivity contribution in [1.29, 1.82) is 0 Å². The molecule has 0 bridgehead atoms. The van der Waals surface area contributed by atoms with Gasteiger partial charge in [-0.2, -0.15) is 0 Å². The summed E-state index contributed by atoms with van der Waals surface area (Å²) in [5, 5.41) is 4.42. The maximum atomic E-state index is 3.60. The van der Waals surface area contributed by atoms with Crippen LogP contribution in [0.2, 0.25) is 0 Å². The number of halogens is 1. The third-order valence-corrected chi connectivity index (χ3v) is 5.38. The van der Waals surface area contributed by atoms with Gasteiger partial charge < -0.3 is 5.32 Å². The Hall–Kier alpha value is 0.01000. The minimum atomic E-state index is 0.164. The fourth-order valence-corrected chi connectivity index (χ4v) is 4.11. The van der Waals surface area contributed by atoms with Crippen molar-refractivity contribution in [2.45, 2.75) is 68.7 Å². The average Bonchev–Trinajstić information content (AvgIpc) is 2.81. The highest BCUT2D eigenvalue weighted by atomic mass is 79.9. The van der Waals surface area contributed by atoms with Gasteiger partial charge in [0.2, 0.25) is 0 Å². The summed E-state index contributed by atoms with van der Waals surface area (Å²) >= 11 is 5.67. The second-order valence-electron chi connectivity index (χ2n) is 6.38. The molecule has 0 unspecified atom stereocenters. The molecule has 1 N–H and O–H groups in total. The zero-order valence-electron chi connectivity index (χ0n) is 12.1. The Morgan fingerprint density at radius 1 is 1.26 bits per heavy atom. The molecule has 2 rings (SSSR count). The topological polar surface area (TPSA) is 12.0 Å². The summed E-state index contributed by atoms with van der Waals surface area (Å²) in [5.74, 6) is 0. The maximum Gasteiger partial charge on any atom is 0.0221 e. The van der Waals surface area contributed by atoms with Gasteiger partial charge in [-0.3, -0.25) is 0 Å². The van der Waals surface area contributed by atoms with Crippen molar-refractivity contribution in [3.05, 3.63) is 28.2 Å². The van der Waals surface area contributed by atoms with Gasteiger partial charge in [0.25, 0.3) is 0 Å². The summed E-state index contributed by atoms with van der Waals surface area (Å²) in [6.45, 7) is 7.59. The van der Waals surface area contributed by atoms with Crippen LogP contribution in [0.25, 0.3) is 0 Å². The first-order valence-corrected chi connectivity index (χ1v) is 8.81. The van der Waals surface area contributed by atoms with Crippen LogP contribution < -0.4 is 5.32 Å². The number of nitrogens with one attached hydrogen (secondary N) is 1. The van der Waals surface area contributed by atoms with Crippen LogP contribution in [0.5, 0.6) is 0 Å². The van der Waals surface area contributed by atoms with E-state index in [2.05, 4.69) is 72.0 Å². The SMILES string of the molecule is CC(C)(C)NCc1cc(Br)ccc1SC1CCCC1. The van der Waals surface area contributed by atoms with Gasteiger partial charge in [0, 0.05) is 26.7 Å². The Balaban J connectivity index is 2.08. The quantitative estimate of drug-likeness (QED) is 0.789. The lowest BCUT2D eigenvalue weighted by Gasteiger charge is -2.22. The van der Waals surface area contributed by atoms with E-state index in [4.69, 9.17) is 0 Å². The van der Waals surface area contributed by atoms with E-state index in [1.54, 1.807) is 0 Å². The first-order valence-electron chi connectivity index (χ1n) is 7.14. The minimum Gasteiger partial charge on any atom is -0.308 e. The Kier molecular flexibility index (Phi) is 5.38. The third kappa shape index (κ3) is 5.13. The van der Waals surface area contributed by atoms with Gasteiger partial charge >= 0.3 is 0 Å². The molecule has 19 heavy (non-hydrogen) atoms. The minimum absolute atomic E-state index is 0.164. The first-order chi connectivity index (χ1) is 8.94. The molecule has 3 heteroatoms. The van der Waals surface area contributed by atoms with Crippen molar-refractivity contribution in [1.82, 2.24) is 5.32 Å². The van der Waals surface area contributed by atoms with Crippen molar-refractivity contribution in [3.63, 3.8) is 0 Å². The molecule has 1 aromatic rings.